The average Bonchev–Trinajstić information content (AvgIpc) is 2.54. The van der Waals surface area contributed by atoms with Crippen LogP contribution in [-0.2, 0) is 11.3 Å². The zero-order chi connectivity index (χ0) is 17.6. The number of hydrogen-bond donors (Lipinski definition) is 2. The Morgan fingerprint density at radius 3 is 2.71 bits per heavy atom. The third kappa shape index (κ3) is 5.96. The SMILES string of the molecule is CNc1nccc(CNCC2CCN(C(=O)OC(C)(C)C)CC2)n1. The van der Waals surface area contributed by atoms with Crippen molar-refractivity contribution in [2.45, 2.75) is 45.8 Å². The maximum Gasteiger partial charge on any atom is 0.410 e. The Balaban J connectivity index is 1.68. The first-order valence-corrected chi connectivity index (χ1v) is 8.55. The molecule has 1 amide bonds. The third-order valence-electron chi connectivity index (χ3n) is 3.94. The fraction of sp³-hybridized carbons (Fsp3) is 0.706. The van der Waals surface area contributed by atoms with Crippen molar-refractivity contribution in [2.75, 3.05) is 32.0 Å². The molecule has 24 heavy (non-hydrogen) atoms. The Bertz CT molecular complexity index is 536. The summed E-state index contributed by atoms with van der Waals surface area (Å²) in [6.07, 6.45) is 3.56. The molecule has 1 fully saturated rings. The Kier molecular flexibility index (Phi) is 6.36. The van der Waals surface area contributed by atoms with E-state index in [4.69, 9.17) is 4.74 Å². The summed E-state index contributed by atoms with van der Waals surface area (Å²) in [5.74, 6) is 1.22. The number of nitrogens with zero attached hydrogens (tertiary/aromatic N) is 3. The standard InChI is InChI=1S/C17H29N5O2/c1-17(2,3)24-16(23)22-9-6-13(7-10-22)11-19-12-14-5-8-20-15(18-4)21-14/h5,8,13,19H,6-7,9-12H2,1-4H3,(H,18,20,21). The molecule has 0 aromatic carbocycles. The molecule has 2 N–H and O–H groups in total. The van der Waals surface area contributed by atoms with Crippen molar-refractivity contribution in [2.24, 2.45) is 5.92 Å². The van der Waals surface area contributed by atoms with Crippen LogP contribution in [0.4, 0.5) is 10.7 Å². The minimum atomic E-state index is -0.431. The zero-order valence-electron chi connectivity index (χ0n) is 15.1. The molecule has 1 saturated heterocycles. The van der Waals surface area contributed by atoms with Crippen LogP contribution in [0.5, 0.6) is 0 Å². The average molecular weight is 335 g/mol. The lowest BCUT2D eigenvalue weighted by Gasteiger charge is -2.33. The first-order chi connectivity index (χ1) is 11.4. The van der Waals surface area contributed by atoms with Crippen molar-refractivity contribution in [1.29, 1.82) is 0 Å². The van der Waals surface area contributed by atoms with Crippen molar-refractivity contribution in [3.8, 4) is 0 Å². The molecule has 1 aromatic rings. The number of amides is 1. The van der Waals surface area contributed by atoms with Crippen LogP contribution in [0.25, 0.3) is 0 Å². The predicted molar refractivity (Wildman–Crippen MR) is 93.8 cm³/mol. The van der Waals surface area contributed by atoms with Gasteiger partial charge < -0.3 is 20.3 Å². The second-order valence-electron chi connectivity index (χ2n) is 7.16. The molecule has 0 unspecified atom stereocenters. The lowest BCUT2D eigenvalue weighted by atomic mass is 9.97. The first-order valence-electron chi connectivity index (χ1n) is 8.55. The van der Waals surface area contributed by atoms with E-state index in [1.165, 1.54) is 0 Å². The summed E-state index contributed by atoms with van der Waals surface area (Å²) in [6, 6.07) is 1.92. The number of nitrogens with one attached hydrogen (secondary N) is 2. The number of likely N-dealkylation sites (tertiary alicyclic amines) is 1. The highest BCUT2D eigenvalue weighted by Gasteiger charge is 2.26. The first kappa shape index (κ1) is 18.4. The van der Waals surface area contributed by atoms with Gasteiger partial charge in [0.1, 0.15) is 5.60 Å². The van der Waals surface area contributed by atoms with Crippen molar-refractivity contribution in [1.82, 2.24) is 20.2 Å². The fourth-order valence-electron chi connectivity index (χ4n) is 2.67. The molecule has 1 aliphatic rings. The van der Waals surface area contributed by atoms with Crippen LogP contribution < -0.4 is 10.6 Å². The van der Waals surface area contributed by atoms with Crippen LogP contribution in [0.2, 0.25) is 0 Å². The van der Waals surface area contributed by atoms with Crippen molar-refractivity contribution in [3.05, 3.63) is 18.0 Å². The molecule has 1 aliphatic heterocycles. The van der Waals surface area contributed by atoms with Gasteiger partial charge >= 0.3 is 6.09 Å². The monoisotopic (exact) mass is 335 g/mol. The van der Waals surface area contributed by atoms with Gasteiger partial charge in [-0.25, -0.2) is 14.8 Å². The Morgan fingerprint density at radius 2 is 2.08 bits per heavy atom. The van der Waals surface area contributed by atoms with Gasteiger partial charge in [-0.15, -0.1) is 0 Å². The largest absolute Gasteiger partial charge is 0.444 e. The minimum Gasteiger partial charge on any atom is -0.444 e. The summed E-state index contributed by atoms with van der Waals surface area (Å²) in [6.45, 7) is 8.87. The van der Waals surface area contributed by atoms with E-state index in [1.807, 2.05) is 38.8 Å². The molecule has 7 nitrogen and oxygen atoms in total. The Hall–Kier alpha value is -1.89. The van der Waals surface area contributed by atoms with E-state index < -0.39 is 5.60 Å². The molecule has 2 rings (SSSR count). The normalized spacial score (nSPS) is 16.1. The number of hydrogen-bond acceptors (Lipinski definition) is 6. The zero-order valence-corrected chi connectivity index (χ0v) is 15.1. The van der Waals surface area contributed by atoms with Gasteiger partial charge in [-0.2, -0.15) is 0 Å². The van der Waals surface area contributed by atoms with E-state index in [9.17, 15) is 4.79 Å². The lowest BCUT2D eigenvalue weighted by molar-refractivity contribution is 0.0184. The van der Waals surface area contributed by atoms with Crippen molar-refractivity contribution < 1.29 is 9.53 Å². The van der Waals surface area contributed by atoms with Crippen LogP contribution in [0.1, 0.15) is 39.3 Å². The second kappa shape index (κ2) is 8.28. The molecular weight excluding hydrogens is 306 g/mol. The molecule has 0 saturated carbocycles. The maximum absolute atomic E-state index is 12.0. The topological polar surface area (TPSA) is 79.4 Å². The van der Waals surface area contributed by atoms with Gasteiger partial charge in [-0.05, 0) is 52.1 Å². The maximum atomic E-state index is 12.0. The lowest BCUT2D eigenvalue weighted by Crippen LogP contribution is -2.43. The van der Waals surface area contributed by atoms with E-state index in [0.717, 1.165) is 44.7 Å². The molecule has 7 heteroatoms. The predicted octanol–water partition coefficient (Wildman–Crippen LogP) is 2.25. The van der Waals surface area contributed by atoms with E-state index in [1.54, 1.807) is 6.20 Å². The van der Waals surface area contributed by atoms with Crippen LogP contribution in [0.15, 0.2) is 12.3 Å². The van der Waals surface area contributed by atoms with Gasteiger partial charge in [-0.1, -0.05) is 0 Å². The number of carbonyl (C=O) groups excluding carboxylic acids is 1. The van der Waals surface area contributed by atoms with E-state index >= 15 is 0 Å². The van der Waals surface area contributed by atoms with Crippen LogP contribution in [-0.4, -0.2) is 53.2 Å². The summed E-state index contributed by atoms with van der Waals surface area (Å²) >= 11 is 0. The summed E-state index contributed by atoms with van der Waals surface area (Å²) in [5, 5.41) is 6.39. The molecule has 0 bridgehead atoms. The molecule has 0 radical (unpaired) electrons. The summed E-state index contributed by atoms with van der Waals surface area (Å²) < 4.78 is 5.42. The van der Waals surface area contributed by atoms with Crippen LogP contribution >= 0.6 is 0 Å². The highest BCUT2D eigenvalue weighted by molar-refractivity contribution is 5.68. The van der Waals surface area contributed by atoms with Crippen LogP contribution in [0, 0.1) is 5.92 Å². The molecule has 1 aromatic heterocycles. The second-order valence-corrected chi connectivity index (χ2v) is 7.16. The summed E-state index contributed by atoms with van der Waals surface area (Å²) in [7, 11) is 1.81. The quantitative estimate of drug-likeness (QED) is 0.859. The van der Waals surface area contributed by atoms with Gasteiger partial charge in [0.2, 0.25) is 5.95 Å². The molecule has 0 aliphatic carbocycles. The summed E-state index contributed by atoms with van der Waals surface area (Å²) in [4.78, 5) is 22.4. The number of piperidine rings is 1. The summed E-state index contributed by atoms with van der Waals surface area (Å²) in [5.41, 5.74) is 0.541. The minimum absolute atomic E-state index is 0.200. The number of rotatable bonds is 5. The molecule has 2 heterocycles. The van der Waals surface area contributed by atoms with Gasteiger partial charge in [0.15, 0.2) is 0 Å². The van der Waals surface area contributed by atoms with Crippen molar-refractivity contribution in [3.63, 3.8) is 0 Å². The van der Waals surface area contributed by atoms with Gasteiger partial charge in [-0.3, -0.25) is 0 Å². The third-order valence-corrected chi connectivity index (χ3v) is 3.94. The van der Waals surface area contributed by atoms with Gasteiger partial charge in [0.05, 0.1) is 5.69 Å². The van der Waals surface area contributed by atoms with Gasteiger partial charge in [0, 0.05) is 32.9 Å². The highest BCUT2D eigenvalue weighted by atomic mass is 16.6. The van der Waals surface area contributed by atoms with E-state index in [-0.39, 0.29) is 6.09 Å². The smallest absolute Gasteiger partial charge is 0.410 e. The number of carbonyl (C=O) groups is 1. The Morgan fingerprint density at radius 1 is 1.38 bits per heavy atom. The molecule has 0 atom stereocenters. The molecule has 0 spiro atoms. The Labute approximate surface area is 144 Å². The number of ether oxygens (including phenoxy) is 1. The van der Waals surface area contributed by atoms with Gasteiger partial charge in [0.25, 0.3) is 0 Å². The van der Waals surface area contributed by atoms with E-state index in [0.29, 0.717) is 11.9 Å². The highest BCUT2D eigenvalue weighted by Crippen LogP contribution is 2.19. The number of aromatic nitrogens is 2. The van der Waals surface area contributed by atoms with Crippen LogP contribution in [0.3, 0.4) is 0 Å². The molecule has 134 valence electrons. The van der Waals surface area contributed by atoms with Crippen molar-refractivity contribution >= 4 is 12.0 Å². The van der Waals surface area contributed by atoms with E-state index in [2.05, 4.69) is 20.6 Å². The molecular formula is C17H29N5O2. The number of anilines is 1. The fourth-order valence-corrected chi connectivity index (χ4v) is 2.67.